The maximum Gasteiger partial charge on any atom is 0.253 e. The van der Waals surface area contributed by atoms with Crippen LogP contribution in [0, 0.1) is 5.92 Å². The van der Waals surface area contributed by atoms with Crippen LogP contribution in [0.25, 0.3) is 0 Å². The molecule has 0 saturated carbocycles. The fraction of sp³-hybridized carbons (Fsp3) is 0.526. The molecule has 1 aromatic rings. The first kappa shape index (κ1) is 19.0. The molecule has 136 valence electrons. The van der Waals surface area contributed by atoms with Gasteiger partial charge in [0.2, 0.25) is 11.8 Å². The second-order valence-electron chi connectivity index (χ2n) is 6.71. The Balaban J connectivity index is 1.95. The topological polar surface area (TPSA) is 78.5 Å². The summed E-state index contributed by atoms with van der Waals surface area (Å²) in [6.07, 6.45) is 1.75. The van der Waals surface area contributed by atoms with Crippen LogP contribution in [0.5, 0.6) is 0 Å². The van der Waals surface area contributed by atoms with Gasteiger partial charge in [0, 0.05) is 42.7 Å². The molecule has 0 radical (unpaired) electrons. The largest absolute Gasteiger partial charge is 0.354 e. The maximum absolute atomic E-state index is 12.7. The summed E-state index contributed by atoms with van der Waals surface area (Å²) in [4.78, 5) is 38.0. The minimum absolute atomic E-state index is 0.0263. The molecule has 25 heavy (non-hydrogen) atoms. The zero-order valence-corrected chi connectivity index (χ0v) is 15.2. The highest BCUT2D eigenvalue weighted by atomic mass is 16.2. The van der Waals surface area contributed by atoms with Gasteiger partial charge in [-0.1, -0.05) is 13.0 Å². The molecule has 1 saturated heterocycles. The summed E-state index contributed by atoms with van der Waals surface area (Å²) in [5.41, 5.74) is 1.18. The second kappa shape index (κ2) is 8.65. The van der Waals surface area contributed by atoms with Crippen molar-refractivity contribution >= 4 is 23.4 Å². The molecule has 0 aliphatic carbocycles. The van der Waals surface area contributed by atoms with Gasteiger partial charge in [-0.2, -0.15) is 0 Å². The van der Waals surface area contributed by atoms with Gasteiger partial charge in [-0.05, 0) is 44.9 Å². The fourth-order valence-corrected chi connectivity index (χ4v) is 2.91. The molecular formula is C19H27N3O3. The zero-order chi connectivity index (χ0) is 18.4. The first-order valence-electron chi connectivity index (χ1n) is 8.90. The van der Waals surface area contributed by atoms with Crippen molar-refractivity contribution in [2.24, 2.45) is 5.92 Å². The van der Waals surface area contributed by atoms with Crippen LogP contribution in [0.1, 0.15) is 50.4 Å². The molecule has 1 aromatic carbocycles. The van der Waals surface area contributed by atoms with E-state index >= 15 is 0 Å². The standard InChI is InChI=1S/C19H27N3O3/c1-4-17(23)21-16-7-5-6-15(12-16)19(25)22-10-8-14(9-11-22)18(24)20-13(2)3/h5-7,12-14H,4,8-11H2,1-3H3,(H,20,24)(H,21,23). The number of hydrogen-bond acceptors (Lipinski definition) is 3. The monoisotopic (exact) mass is 345 g/mol. The summed E-state index contributed by atoms with van der Waals surface area (Å²) >= 11 is 0. The van der Waals surface area contributed by atoms with Crippen LogP contribution in [0.4, 0.5) is 5.69 Å². The van der Waals surface area contributed by atoms with Crippen LogP contribution in [0.2, 0.25) is 0 Å². The Kier molecular flexibility index (Phi) is 6.56. The number of carbonyl (C=O) groups is 3. The zero-order valence-electron chi connectivity index (χ0n) is 15.2. The van der Waals surface area contributed by atoms with Gasteiger partial charge in [-0.15, -0.1) is 0 Å². The predicted octanol–water partition coefficient (Wildman–Crippen LogP) is 2.41. The minimum Gasteiger partial charge on any atom is -0.354 e. The summed E-state index contributed by atoms with van der Waals surface area (Å²) < 4.78 is 0. The number of hydrogen-bond donors (Lipinski definition) is 2. The summed E-state index contributed by atoms with van der Waals surface area (Å²) in [7, 11) is 0. The molecular weight excluding hydrogens is 318 g/mol. The van der Waals surface area contributed by atoms with E-state index in [9.17, 15) is 14.4 Å². The third-order valence-corrected chi connectivity index (χ3v) is 4.30. The Labute approximate surface area is 149 Å². The number of likely N-dealkylation sites (tertiary alicyclic amines) is 1. The van der Waals surface area contributed by atoms with Gasteiger partial charge >= 0.3 is 0 Å². The summed E-state index contributed by atoms with van der Waals surface area (Å²) in [6.45, 7) is 6.81. The second-order valence-corrected chi connectivity index (χ2v) is 6.71. The molecule has 0 unspecified atom stereocenters. The third kappa shape index (κ3) is 5.31. The lowest BCUT2D eigenvalue weighted by Gasteiger charge is -2.31. The number of benzene rings is 1. The van der Waals surface area contributed by atoms with E-state index in [0.717, 1.165) is 0 Å². The highest BCUT2D eigenvalue weighted by molar-refractivity contribution is 5.97. The van der Waals surface area contributed by atoms with Crippen molar-refractivity contribution in [3.63, 3.8) is 0 Å². The van der Waals surface area contributed by atoms with E-state index in [4.69, 9.17) is 0 Å². The van der Waals surface area contributed by atoms with E-state index in [1.165, 1.54) is 0 Å². The first-order chi connectivity index (χ1) is 11.9. The lowest BCUT2D eigenvalue weighted by atomic mass is 9.95. The molecule has 1 heterocycles. The number of carbonyl (C=O) groups excluding carboxylic acids is 3. The summed E-state index contributed by atoms with van der Waals surface area (Å²) in [6, 6.07) is 7.12. The van der Waals surface area contributed by atoms with E-state index in [1.54, 1.807) is 36.1 Å². The molecule has 3 amide bonds. The average Bonchev–Trinajstić information content (AvgIpc) is 2.60. The minimum atomic E-state index is -0.0819. The Morgan fingerprint density at radius 2 is 1.88 bits per heavy atom. The number of piperidine rings is 1. The molecule has 1 aliphatic heterocycles. The van der Waals surface area contributed by atoms with Crippen molar-refractivity contribution in [2.75, 3.05) is 18.4 Å². The number of nitrogens with one attached hydrogen (secondary N) is 2. The van der Waals surface area contributed by atoms with Gasteiger partial charge in [0.1, 0.15) is 0 Å². The Bertz CT molecular complexity index is 635. The van der Waals surface area contributed by atoms with E-state index in [2.05, 4.69) is 10.6 Å². The van der Waals surface area contributed by atoms with Crippen molar-refractivity contribution in [1.29, 1.82) is 0 Å². The van der Waals surface area contributed by atoms with Gasteiger partial charge in [0.05, 0.1) is 0 Å². The van der Waals surface area contributed by atoms with Crippen LogP contribution < -0.4 is 10.6 Å². The van der Waals surface area contributed by atoms with Crippen LogP contribution >= 0.6 is 0 Å². The summed E-state index contributed by atoms with van der Waals surface area (Å²) in [5.74, 6) is -0.0927. The fourth-order valence-electron chi connectivity index (χ4n) is 2.91. The maximum atomic E-state index is 12.7. The van der Waals surface area contributed by atoms with Crippen molar-refractivity contribution in [3.05, 3.63) is 29.8 Å². The highest BCUT2D eigenvalue weighted by Crippen LogP contribution is 2.20. The number of rotatable bonds is 5. The summed E-state index contributed by atoms with van der Waals surface area (Å²) in [5, 5.41) is 5.70. The van der Waals surface area contributed by atoms with Gasteiger partial charge in [-0.25, -0.2) is 0 Å². The van der Waals surface area contributed by atoms with Gasteiger partial charge in [0.25, 0.3) is 5.91 Å². The van der Waals surface area contributed by atoms with E-state index in [-0.39, 0.29) is 29.7 Å². The van der Waals surface area contributed by atoms with Crippen molar-refractivity contribution < 1.29 is 14.4 Å². The predicted molar refractivity (Wildman–Crippen MR) is 97.3 cm³/mol. The molecule has 6 heteroatoms. The Hall–Kier alpha value is -2.37. The van der Waals surface area contributed by atoms with Crippen LogP contribution in [-0.4, -0.2) is 41.8 Å². The molecule has 1 fully saturated rings. The Morgan fingerprint density at radius 3 is 2.48 bits per heavy atom. The first-order valence-corrected chi connectivity index (χ1v) is 8.90. The van der Waals surface area contributed by atoms with Gasteiger partial charge in [0.15, 0.2) is 0 Å². The van der Waals surface area contributed by atoms with Crippen molar-refractivity contribution in [1.82, 2.24) is 10.2 Å². The molecule has 6 nitrogen and oxygen atoms in total. The number of anilines is 1. The lowest BCUT2D eigenvalue weighted by molar-refractivity contribution is -0.126. The average molecular weight is 345 g/mol. The molecule has 2 N–H and O–H groups in total. The van der Waals surface area contributed by atoms with E-state index < -0.39 is 0 Å². The molecule has 1 aliphatic rings. The van der Waals surface area contributed by atoms with Crippen molar-refractivity contribution in [3.8, 4) is 0 Å². The quantitative estimate of drug-likeness (QED) is 0.860. The van der Waals surface area contributed by atoms with Gasteiger partial charge < -0.3 is 15.5 Å². The van der Waals surface area contributed by atoms with Crippen LogP contribution in [0.15, 0.2) is 24.3 Å². The van der Waals surface area contributed by atoms with Crippen LogP contribution in [-0.2, 0) is 9.59 Å². The van der Waals surface area contributed by atoms with Crippen molar-refractivity contribution in [2.45, 2.75) is 46.1 Å². The van der Waals surface area contributed by atoms with Crippen LogP contribution in [0.3, 0.4) is 0 Å². The lowest BCUT2D eigenvalue weighted by Crippen LogP contribution is -2.44. The third-order valence-electron chi connectivity index (χ3n) is 4.30. The van der Waals surface area contributed by atoms with E-state index in [0.29, 0.717) is 43.6 Å². The van der Waals surface area contributed by atoms with E-state index in [1.807, 2.05) is 13.8 Å². The Morgan fingerprint density at radius 1 is 1.20 bits per heavy atom. The van der Waals surface area contributed by atoms with Gasteiger partial charge in [-0.3, -0.25) is 14.4 Å². The molecule has 0 aromatic heterocycles. The molecule has 0 bridgehead atoms. The molecule has 0 spiro atoms. The number of amides is 3. The molecule has 2 rings (SSSR count). The molecule has 0 atom stereocenters. The smallest absolute Gasteiger partial charge is 0.253 e. The normalized spacial score (nSPS) is 15.1. The SMILES string of the molecule is CCC(=O)Nc1cccc(C(=O)N2CCC(C(=O)NC(C)C)CC2)c1. The number of nitrogens with zero attached hydrogens (tertiary/aromatic N) is 1. The highest BCUT2D eigenvalue weighted by Gasteiger charge is 2.28.